The molecule has 1 aliphatic heterocycles. The number of aromatic nitrogens is 4. The predicted molar refractivity (Wildman–Crippen MR) is 86.8 cm³/mol. The number of hydrogen-bond donors (Lipinski definition) is 0. The normalized spacial score (nSPS) is 15.9. The lowest BCUT2D eigenvalue weighted by molar-refractivity contribution is 0.237. The molecule has 0 spiro atoms. The fourth-order valence-corrected chi connectivity index (χ4v) is 2.82. The molecular formula is C16H22ClN5. The molecule has 2 aromatic rings. The molecule has 0 bridgehead atoms. The first-order valence-electron chi connectivity index (χ1n) is 7.58. The van der Waals surface area contributed by atoms with E-state index in [4.69, 9.17) is 16.6 Å². The van der Waals surface area contributed by atoms with Gasteiger partial charge in [-0.25, -0.2) is 15.0 Å². The van der Waals surface area contributed by atoms with Crippen molar-refractivity contribution in [1.82, 2.24) is 24.4 Å². The summed E-state index contributed by atoms with van der Waals surface area (Å²) in [5.41, 5.74) is 3.55. The summed E-state index contributed by atoms with van der Waals surface area (Å²) in [5.74, 6) is 0.929. The Labute approximate surface area is 136 Å². The maximum Gasteiger partial charge on any atom is 0.202 e. The Bertz CT molecular complexity index is 686. The Morgan fingerprint density at radius 3 is 2.64 bits per heavy atom. The van der Waals surface area contributed by atoms with E-state index in [1.165, 1.54) is 11.3 Å². The van der Waals surface area contributed by atoms with Crippen LogP contribution in [0.2, 0.25) is 5.28 Å². The number of rotatable bonds is 2. The van der Waals surface area contributed by atoms with Gasteiger partial charge in [0.25, 0.3) is 0 Å². The molecule has 0 aromatic carbocycles. The number of imidazole rings is 1. The summed E-state index contributed by atoms with van der Waals surface area (Å²) in [5, 5.41) is 0.533. The Kier molecular flexibility index (Phi) is 3.95. The zero-order valence-corrected chi connectivity index (χ0v) is 14.4. The van der Waals surface area contributed by atoms with E-state index >= 15 is 0 Å². The average Bonchev–Trinajstić information content (AvgIpc) is 2.78. The van der Waals surface area contributed by atoms with E-state index in [2.05, 4.69) is 35.6 Å². The van der Waals surface area contributed by atoms with Crippen molar-refractivity contribution >= 4 is 11.6 Å². The largest absolute Gasteiger partial charge is 0.321 e. The third kappa shape index (κ3) is 3.01. The van der Waals surface area contributed by atoms with Crippen LogP contribution in [0, 0.1) is 0 Å². The van der Waals surface area contributed by atoms with Crippen LogP contribution in [0.1, 0.15) is 43.5 Å². The summed E-state index contributed by atoms with van der Waals surface area (Å²) in [4.78, 5) is 15.8. The van der Waals surface area contributed by atoms with Gasteiger partial charge in [-0.1, -0.05) is 20.8 Å². The first-order chi connectivity index (χ1) is 10.3. The minimum Gasteiger partial charge on any atom is -0.321 e. The molecule has 0 amide bonds. The summed E-state index contributed by atoms with van der Waals surface area (Å²) in [6.45, 7) is 9.16. The quantitative estimate of drug-likeness (QED) is 0.854. The Hall–Kier alpha value is -1.46. The fourth-order valence-electron chi connectivity index (χ4n) is 2.67. The van der Waals surface area contributed by atoms with E-state index in [1.807, 2.05) is 24.0 Å². The molecule has 0 fully saturated rings. The maximum atomic E-state index is 6.00. The Morgan fingerprint density at radius 2 is 2.00 bits per heavy atom. The van der Waals surface area contributed by atoms with Gasteiger partial charge >= 0.3 is 0 Å². The van der Waals surface area contributed by atoms with Crippen LogP contribution in [-0.2, 0) is 32.0 Å². The van der Waals surface area contributed by atoms with Gasteiger partial charge in [0.05, 0.1) is 11.9 Å². The van der Waals surface area contributed by atoms with Gasteiger partial charge in [-0.3, -0.25) is 4.90 Å². The second kappa shape index (κ2) is 5.63. The van der Waals surface area contributed by atoms with Crippen molar-refractivity contribution in [2.75, 3.05) is 6.54 Å². The van der Waals surface area contributed by atoms with E-state index in [0.717, 1.165) is 37.6 Å². The highest BCUT2D eigenvalue weighted by atomic mass is 35.5. The van der Waals surface area contributed by atoms with Crippen LogP contribution in [0.15, 0.2) is 12.4 Å². The highest BCUT2D eigenvalue weighted by molar-refractivity contribution is 6.28. The molecule has 0 radical (unpaired) electrons. The maximum absolute atomic E-state index is 6.00. The lowest BCUT2D eigenvalue weighted by atomic mass is 9.95. The van der Waals surface area contributed by atoms with Crippen molar-refractivity contribution in [3.8, 4) is 0 Å². The molecule has 0 N–H and O–H groups in total. The summed E-state index contributed by atoms with van der Waals surface area (Å²) in [6, 6.07) is 0. The van der Waals surface area contributed by atoms with Crippen LogP contribution < -0.4 is 0 Å². The van der Waals surface area contributed by atoms with Crippen LogP contribution in [0.3, 0.4) is 0 Å². The number of halogens is 1. The lowest BCUT2D eigenvalue weighted by Gasteiger charge is -2.29. The van der Waals surface area contributed by atoms with Crippen LogP contribution >= 0.6 is 11.6 Å². The second-order valence-electron chi connectivity index (χ2n) is 6.95. The van der Waals surface area contributed by atoms with Gasteiger partial charge in [-0.2, -0.15) is 0 Å². The van der Waals surface area contributed by atoms with Crippen molar-refractivity contribution in [2.24, 2.45) is 7.05 Å². The fraction of sp³-hybridized carbons (Fsp3) is 0.562. The SMILES string of the molecule is Cn1c(CN2CCc3nc(C(C)(C)C)ncc3C2)cnc1Cl. The summed E-state index contributed by atoms with van der Waals surface area (Å²) in [7, 11) is 1.95. The van der Waals surface area contributed by atoms with Crippen molar-refractivity contribution < 1.29 is 0 Å². The summed E-state index contributed by atoms with van der Waals surface area (Å²) < 4.78 is 1.93. The molecule has 118 valence electrons. The van der Waals surface area contributed by atoms with E-state index in [0.29, 0.717) is 5.28 Å². The zero-order valence-electron chi connectivity index (χ0n) is 13.6. The van der Waals surface area contributed by atoms with Gasteiger partial charge in [-0.15, -0.1) is 0 Å². The van der Waals surface area contributed by atoms with Gasteiger partial charge in [0.1, 0.15) is 5.82 Å². The number of nitrogens with zero attached hydrogens (tertiary/aromatic N) is 5. The van der Waals surface area contributed by atoms with Crippen molar-refractivity contribution in [3.63, 3.8) is 0 Å². The van der Waals surface area contributed by atoms with Crippen LogP contribution in [0.5, 0.6) is 0 Å². The van der Waals surface area contributed by atoms with Gasteiger partial charge < -0.3 is 4.57 Å². The van der Waals surface area contributed by atoms with Crippen molar-refractivity contribution in [2.45, 2.75) is 45.7 Å². The van der Waals surface area contributed by atoms with Gasteiger partial charge in [0.2, 0.25) is 5.28 Å². The van der Waals surface area contributed by atoms with E-state index in [-0.39, 0.29) is 5.41 Å². The molecule has 1 aliphatic rings. The minimum atomic E-state index is -0.00236. The predicted octanol–water partition coefficient (Wildman–Crippen LogP) is 2.72. The first-order valence-corrected chi connectivity index (χ1v) is 7.96. The van der Waals surface area contributed by atoms with E-state index in [9.17, 15) is 0 Å². The first kappa shape index (κ1) is 15.4. The summed E-state index contributed by atoms with van der Waals surface area (Å²) >= 11 is 6.00. The third-order valence-electron chi connectivity index (χ3n) is 4.10. The molecule has 6 heteroatoms. The number of fused-ring (bicyclic) bond motifs is 1. The molecule has 2 aromatic heterocycles. The topological polar surface area (TPSA) is 46.8 Å². The third-order valence-corrected chi connectivity index (χ3v) is 4.45. The molecule has 0 unspecified atom stereocenters. The van der Waals surface area contributed by atoms with Crippen LogP contribution in [-0.4, -0.2) is 31.0 Å². The van der Waals surface area contributed by atoms with E-state index in [1.54, 1.807) is 0 Å². The summed E-state index contributed by atoms with van der Waals surface area (Å²) in [6.07, 6.45) is 4.80. The zero-order chi connectivity index (χ0) is 15.9. The lowest BCUT2D eigenvalue weighted by Crippen LogP contribution is -2.32. The highest BCUT2D eigenvalue weighted by Gasteiger charge is 2.23. The standard InChI is InChI=1S/C16H22ClN5/c1-16(2,3)14-18-7-11-9-22(6-5-13(11)20-14)10-12-8-19-15(17)21(12)4/h7-8H,5-6,9-10H2,1-4H3. The van der Waals surface area contributed by atoms with Crippen LogP contribution in [0.25, 0.3) is 0 Å². The molecule has 3 heterocycles. The monoisotopic (exact) mass is 319 g/mol. The average molecular weight is 320 g/mol. The molecule has 0 aliphatic carbocycles. The van der Waals surface area contributed by atoms with Crippen molar-refractivity contribution in [3.05, 3.63) is 40.5 Å². The van der Waals surface area contributed by atoms with Crippen LogP contribution in [0.4, 0.5) is 0 Å². The minimum absolute atomic E-state index is 0.00236. The van der Waals surface area contributed by atoms with Gasteiger partial charge in [0, 0.05) is 56.0 Å². The molecule has 0 saturated heterocycles. The highest BCUT2D eigenvalue weighted by Crippen LogP contribution is 2.23. The molecule has 3 rings (SSSR count). The molecule has 22 heavy (non-hydrogen) atoms. The Balaban J connectivity index is 1.76. The number of hydrogen-bond acceptors (Lipinski definition) is 4. The molecular weight excluding hydrogens is 298 g/mol. The van der Waals surface area contributed by atoms with Gasteiger partial charge in [0.15, 0.2) is 0 Å². The van der Waals surface area contributed by atoms with Gasteiger partial charge in [-0.05, 0) is 11.6 Å². The second-order valence-corrected chi connectivity index (χ2v) is 7.29. The molecule has 0 atom stereocenters. The smallest absolute Gasteiger partial charge is 0.202 e. The molecule has 0 saturated carbocycles. The van der Waals surface area contributed by atoms with Crippen molar-refractivity contribution in [1.29, 1.82) is 0 Å². The van der Waals surface area contributed by atoms with E-state index < -0.39 is 0 Å². The molecule has 5 nitrogen and oxygen atoms in total. The Morgan fingerprint density at radius 1 is 1.23 bits per heavy atom.